The van der Waals surface area contributed by atoms with Gasteiger partial charge in [0.05, 0.1) is 24.6 Å². The molecule has 0 amide bonds. The summed E-state index contributed by atoms with van der Waals surface area (Å²) in [6.45, 7) is 3.63. The van der Waals surface area contributed by atoms with E-state index in [-0.39, 0.29) is 18.7 Å². The van der Waals surface area contributed by atoms with Gasteiger partial charge in [-0.05, 0) is 25.5 Å². The van der Waals surface area contributed by atoms with Crippen molar-refractivity contribution in [3.8, 4) is 11.6 Å². The highest BCUT2D eigenvalue weighted by Crippen LogP contribution is 2.18. The van der Waals surface area contributed by atoms with Gasteiger partial charge in [-0.1, -0.05) is 24.6 Å². The van der Waals surface area contributed by atoms with E-state index in [1.807, 2.05) is 6.92 Å². The number of aryl methyl sites for hydroxylation is 1. The Kier molecular flexibility index (Phi) is 5.13. The van der Waals surface area contributed by atoms with Crippen LogP contribution in [0.25, 0.3) is 5.69 Å². The normalized spacial score (nSPS) is 11.7. The van der Waals surface area contributed by atoms with Crippen molar-refractivity contribution in [2.24, 2.45) is 4.99 Å². The van der Waals surface area contributed by atoms with Crippen LogP contribution in [-0.4, -0.2) is 38.6 Å². The second kappa shape index (κ2) is 7.06. The Morgan fingerprint density at radius 1 is 1.26 bits per heavy atom. The Morgan fingerprint density at radius 3 is 2.48 bits per heavy atom. The van der Waals surface area contributed by atoms with Gasteiger partial charge >= 0.3 is 5.69 Å². The van der Waals surface area contributed by atoms with E-state index in [4.69, 9.17) is 5.11 Å². The van der Waals surface area contributed by atoms with Crippen molar-refractivity contribution >= 4 is 5.71 Å². The lowest BCUT2D eigenvalue weighted by Gasteiger charge is -2.12. The van der Waals surface area contributed by atoms with Crippen LogP contribution in [0.2, 0.25) is 0 Å². The number of benzene rings is 1. The van der Waals surface area contributed by atoms with Crippen molar-refractivity contribution in [2.45, 2.75) is 20.3 Å². The molecular weight excluding hydrogens is 298 g/mol. The maximum atomic E-state index is 12.1. The van der Waals surface area contributed by atoms with Gasteiger partial charge in [-0.25, -0.2) is 9.36 Å². The fourth-order valence-electron chi connectivity index (χ4n) is 2.27. The minimum Gasteiger partial charge on any atom is -0.493 e. The first kappa shape index (κ1) is 16.7. The molecule has 2 rings (SSSR count). The van der Waals surface area contributed by atoms with Crippen LogP contribution in [0.1, 0.15) is 24.5 Å². The first-order valence-corrected chi connectivity index (χ1v) is 7.29. The summed E-state index contributed by atoms with van der Waals surface area (Å²) in [7, 11) is 0. The molecule has 0 saturated carbocycles. The Balaban J connectivity index is 2.71. The van der Waals surface area contributed by atoms with Crippen molar-refractivity contribution in [3.63, 3.8) is 0 Å². The molecule has 0 aliphatic heterocycles. The number of hydrogen-bond acceptors (Lipinski definition) is 5. The lowest BCUT2D eigenvalue weighted by Crippen LogP contribution is -2.33. The number of hydrogen-bond donors (Lipinski definition) is 3. The summed E-state index contributed by atoms with van der Waals surface area (Å²) in [5, 5.41) is 19.4. The van der Waals surface area contributed by atoms with Gasteiger partial charge in [0.1, 0.15) is 5.56 Å². The van der Waals surface area contributed by atoms with Crippen molar-refractivity contribution in [2.75, 3.05) is 13.2 Å². The summed E-state index contributed by atoms with van der Waals surface area (Å²) >= 11 is 0. The minimum atomic E-state index is -0.724. The molecular formula is C16H19N3O4. The number of aliphatic hydroxyl groups is 1. The number of aromatic hydroxyl groups is 1. The molecule has 0 aliphatic carbocycles. The average molecular weight is 317 g/mol. The van der Waals surface area contributed by atoms with Crippen molar-refractivity contribution in [1.82, 2.24) is 9.55 Å². The number of aliphatic imine (C=N–C) groups is 1. The third-order valence-electron chi connectivity index (χ3n) is 3.40. The lowest BCUT2D eigenvalue weighted by atomic mass is 10.1. The summed E-state index contributed by atoms with van der Waals surface area (Å²) in [6.07, 6.45) is 0.378. The predicted molar refractivity (Wildman–Crippen MR) is 87.8 cm³/mol. The summed E-state index contributed by atoms with van der Waals surface area (Å²) in [5.74, 6) is -0.457. The standard InChI is InChI=1S/C16H19N3O4/c1-3-12(17-8-9-20)13-14(21)18-16(23)19(15(13)22)11-6-4-10(2)5-7-11/h4-7,20,22H,3,8-9H2,1-2H3,(H,18,21,23). The molecule has 0 bridgehead atoms. The molecule has 1 aromatic carbocycles. The van der Waals surface area contributed by atoms with Crippen LogP contribution in [0.4, 0.5) is 0 Å². The molecule has 0 radical (unpaired) electrons. The molecule has 2 aromatic rings. The number of rotatable bonds is 5. The van der Waals surface area contributed by atoms with Crippen LogP contribution < -0.4 is 11.2 Å². The molecule has 0 atom stereocenters. The molecule has 1 heterocycles. The zero-order chi connectivity index (χ0) is 17.0. The molecule has 0 fully saturated rings. The van der Waals surface area contributed by atoms with Gasteiger partial charge in [0, 0.05) is 0 Å². The highest BCUT2D eigenvalue weighted by Gasteiger charge is 2.19. The fourth-order valence-corrected chi connectivity index (χ4v) is 2.27. The SMILES string of the molecule is CCC(=NCCO)c1c(O)n(-c2ccc(C)cc2)c(=O)[nH]c1=O. The maximum Gasteiger partial charge on any atom is 0.335 e. The Morgan fingerprint density at radius 2 is 1.91 bits per heavy atom. The first-order chi connectivity index (χ1) is 11.0. The lowest BCUT2D eigenvalue weighted by molar-refractivity contribution is 0.307. The predicted octanol–water partition coefficient (Wildman–Crippen LogP) is 0.731. The Bertz CT molecular complexity index is 832. The molecule has 0 spiro atoms. The van der Waals surface area contributed by atoms with Gasteiger partial charge in [0.2, 0.25) is 5.88 Å². The van der Waals surface area contributed by atoms with Gasteiger partial charge in [-0.3, -0.25) is 14.8 Å². The fraction of sp³-hybridized carbons (Fsp3) is 0.312. The van der Waals surface area contributed by atoms with Crippen LogP contribution in [0.3, 0.4) is 0 Å². The monoisotopic (exact) mass is 317 g/mol. The summed E-state index contributed by atoms with van der Waals surface area (Å²) < 4.78 is 1.03. The van der Waals surface area contributed by atoms with Crippen molar-refractivity contribution in [1.29, 1.82) is 0 Å². The average Bonchev–Trinajstić information content (AvgIpc) is 2.52. The molecule has 23 heavy (non-hydrogen) atoms. The van der Waals surface area contributed by atoms with Crippen molar-refractivity contribution in [3.05, 3.63) is 56.2 Å². The molecule has 1 aromatic heterocycles. The van der Waals surface area contributed by atoms with Crippen LogP contribution >= 0.6 is 0 Å². The second-order valence-electron chi connectivity index (χ2n) is 5.03. The zero-order valence-electron chi connectivity index (χ0n) is 13.0. The van der Waals surface area contributed by atoms with Gasteiger partial charge in [0.15, 0.2) is 0 Å². The molecule has 122 valence electrons. The Labute approximate surface area is 132 Å². The van der Waals surface area contributed by atoms with E-state index >= 15 is 0 Å². The van der Waals surface area contributed by atoms with E-state index in [0.29, 0.717) is 17.8 Å². The summed E-state index contributed by atoms with van der Waals surface area (Å²) in [6, 6.07) is 6.95. The number of aliphatic hydroxyl groups excluding tert-OH is 1. The highest BCUT2D eigenvalue weighted by atomic mass is 16.3. The summed E-state index contributed by atoms with van der Waals surface area (Å²) in [5.41, 5.74) is 0.296. The van der Waals surface area contributed by atoms with Crippen molar-refractivity contribution < 1.29 is 10.2 Å². The van der Waals surface area contributed by atoms with Gasteiger partial charge in [-0.2, -0.15) is 0 Å². The topological polar surface area (TPSA) is 108 Å². The molecule has 7 heteroatoms. The Hall–Kier alpha value is -2.67. The molecule has 0 aliphatic rings. The third-order valence-corrected chi connectivity index (χ3v) is 3.40. The number of nitrogens with one attached hydrogen (secondary N) is 1. The zero-order valence-corrected chi connectivity index (χ0v) is 13.0. The number of nitrogens with zero attached hydrogens (tertiary/aromatic N) is 2. The van der Waals surface area contributed by atoms with Gasteiger partial charge in [0.25, 0.3) is 5.56 Å². The quantitative estimate of drug-likeness (QED) is 0.707. The summed E-state index contributed by atoms with van der Waals surface area (Å²) in [4.78, 5) is 30.5. The van der Waals surface area contributed by atoms with Crippen LogP contribution in [-0.2, 0) is 0 Å². The smallest absolute Gasteiger partial charge is 0.335 e. The number of aromatic nitrogens is 2. The maximum absolute atomic E-state index is 12.1. The number of aromatic amines is 1. The third kappa shape index (κ3) is 3.40. The van der Waals surface area contributed by atoms with E-state index in [9.17, 15) is 14.7 Å². The second-order valence-corrected chi connectivity index (χ2v) is 5.03. The molecule has 3 N–H and O–H groups in total. The molecule has 7 nitrogen and oxygen atoms in total. The number of H-pyrrole nitrogens is 1. The van der Waals surface area contributed by atoms with E-state index in [1.165, 1.54) is 0 Å². The first-order valence-electron chi connectivity index (χ1n) is 7.29. The van der Waals surface area contributed by atoms with Crippen LogP contribution in [0.5, 0.6) is 5.88 Å². The van der Waals surface area contributed by atoms with E-state index in [2.05, 4.69) is 9.98 Å². The van der Waals surface area contributed by atoms with Gasteiger partial charge in [-0.15, -0.1) is 0 Å². The van der Waals surface area contributed by atoms with E-state index < -0.39 is 17.1 Å². The van der Waals surface area contributed by atoms with E-state index in [0.717, 1.165) is 10.1 Å². The van der Waals surface area contributed by atoms with Gasteiger partial charge < -0.3 is 10.2 Å². The highest BCUT2D eigenvalue weighted by molar-refractivity contribution is 6.02. The molecule has 0 unspecified atom stereocenters. The van der Waals surface area contributed by atoms with E-state index in [1.54, 1.807) is 31.2 Å². The minimum absolute atomic E-state index is 0.0545. The van der Waals surface area contributed by atoms with Crippen LogP contribution in [0, 0.1) is 6.92 Å². The van der Waals surface area contributed by atoms with Crippen LogP contribution in [0.15, 0.2) is 38.8 Å². The molecule has 0 saturated heterocycles. The largest absolute Gasteiger partial charge is 0.493 e.